The second kappa shape index (κ2) is 7.30. The molecule has 0 fully saturated rings. The standard InChI is InChI=1S/C20H22N2O3/c1-14-6-7-17(25-14)9-11-24-18-8-10-22(20(23)12-18)13-16-4-3-5-19(21)15(16)2/h3-8,10,12H,9,11,13,21H2,1-2H3. The SMILES string of the molecule is Cc1ccc(CCOc2ccn(Cc3cccc(N)c3C)c(=O)c2)o1. The molecule has 1 aromatic carbocycles. The van der Waals surface area contributed by atoms with Crippen LogP contribution in [0.25, 0.3) is 0 Å². The largest absolute Gasteiger partial charge is 0.493 e. The Balaban J connectivity index is 1.64. The Morgan fingerprint density at radius 3 is 2.72 bits per heavy atom. The summed E-state index contributed by atoms with van der Waals surface area (Å²) in [5.41, 5.74) is 8.59. The lowest BCUT2D eigenvalue weighted by Gasteiger charge is -2.11. The van der Waals surface area contributed by atoms with Gasteiger partial charge in [0.15, 0.2) is 0 Å². The number of furan rings is 1. The van der Waals surface area contributed by atoms with Crippen molar-refractivity contribution in [3.63, 3.8) is 0 Å². The molecule has 0 amide bonds. The molecule has 5 nitrogen and oxygen atoms in total. The monoisotopic (exact) mass is 338 g/mol. The molecule has 0 spiro atoms. The number of nitrogens with zero attached hydrogens (tertiary/aromatic N) is 1. The lowest BCUT2D eigenvalue weighted by atomic mass is 10.1. The number of aromatic nitrogens is 1. The number of anilines is 1. The number of hydrogen-bond donors (Lipinski definition) is 1. The van der Waals surface area contributed by atoms with Crippen LogP contribution in [-0.2, 0) is 13.0 Å². The highest BCUT2D eigenvalue weighted by Crippen LogP contribution is 2.16. The molecule has 2 heterocycles. The molecule has 0 radical (unpaired) electrons. The zero-order chi connectivity index (χ0) is 17.8. The van der Waals surface area contributed by atoms with E-state index in [0.29, 0.717) is 25.3 Å². The first-order valence-electron chi connectivity index (χ1n) is 8.25. The van der Waals surface area contributed by atoms with Crippen molar-refractivity contribution in [3.05, 3.63) is 81.7 Å². The van der Waals surface area contributed by atoms with E-state index >= 15 is 0 Å². The topological polar surface area (TPSA) is 70.4 Å². The molecule has 2 aromatic heterocycles. The minimum atomic E-state index is -0.104. The second-order valence-corrected chi connectivity index (χ2v) is 6.07. The van der Waals surface area contributed by atoms with Gasteiger partial charge in [-0.15, -0.1) is 0 Å². The first-order valence-corrected chi connectivity index (χ1v) is 8.25. The number of ether oxygens (including phenoxy) is 1. The Hall–Kier alpha value is -2.95. The van der Waals surface area contributed by atoms with Crippen LogP contribution in [0.4, 0.5) is 5.69 Å². The summed E-state index contributed by atoms with van der Waals surface area (Å²) in [4.78, 5) is 12.3. The highest BCUT2D eigenvalue weighted by Gasteiger charge is 2.05. The van der Waals surface area contributed by atoms with Crippen LogP contribution in [0, 0.1) is 13.8 Å². The van der Waals surface area contributed by atoms with E-state index in [-0.39, 0.29) is 5.56 Å². The first kappa shape index (κ1) is 16.9. The Morgan fingerprint density at radius 2 is 2.00 bits per heavy atom. The minimum absolute atomic E-state index is 0.104. The maximum atomic E-state index is 12.3. The lowest BCUT2D eigenvalue weighted by molar-refractivity contribution is 0.306. The van der Waals surface area contributed by atoms with Gasteiger partial charge < -0.3 is 19.5 Å². The molecular formula is C20H22N2O3. The van der Waals surface area contributed by atoms with Gasteiger partial charge >= 0.3 is 0 Å². The fourth-order valence-corrected chi connectivity index (χ4v) is 2.66. The summed E-state index contributed by atoms with van der Waals surface area (Å²) in [6, 6.07) is 12.9. The molecule has 25 heavy (non-hydrogen) atoms. The molecule has 5 heteroatoms. The van der Waals surface area contributed by atoms with E-state index in [0.717, 1.165) is 28.3 Å². The molecule has 0 aliphatic rings. The Labute approximate surface area is 146 Å². The summed E-state index contributed by atoms with van der Waals surface area (Å²) in [5, 5.41) is 0. The number of rotatable bonds is 6. The second-order valence-electron chi connectivity index (χ2n) is 6.07. The van der Waals surface area contributed by atoms with Gasteiger partial charge in [0.2, 0.25) is 0 Å². The molecule has 3 aromatic rings. The number of pyridine rings is 1. The molecule has 0 saturated carbocycles. The normalized spacial score (nSPS) is 10.8. The predicted molar refractivity (Wildman–Crippen MR) is 98.0 cm³/mol. The average Bonchev–Trinajstić information content (AvgIpc) is 2.99. The lowest BCUT2D eigenvalue weighted by Crippen LogP contribution is -2.20. The maximum absolute atomic E-state index is 12.3. The van der Waals surface area contributed by atoms with E-state index in [4.69, 9.17) is 14.9 Å². The molecule has 0 atom stereocenters. The molecule has 0 saturated heterocycles. The molecule has 2 N–H and O–H groups in total. The third-order valence-corrected chi connectivity index (χ3v) is 4.21. The van der Waals surface area contributed by atoms with Gasteiger partial charge in [-0.2, -0.15) is 0 Å². The van der Waals surface area contributed by atoms with Crippen molar-refractivity contribution < 1.29 is 9.15 Å². The quantitative estimate of drug-likeness (QED) is 0.700. The fourth-order valence-electron chi connectivity index (χ4n) is 2.66. The van der Waals surface area contributed by atoms with Crippen molar-refractivity contribution in [2.75, 3.05) is 12.3 Å². The third kappa shape index (κ3) is 4.12. The molecule has 0 aliphatic heterocycles. The number of nitrogens with two attached hydrogens (primary N) is 1. The number of aryl methyl sites for hydroxylation is 1. The van der Waals surface area contributed by atoms with Gasteiger partial charge in [0, 0.05) is 24.4 Å². The van der Waals surface area contributed by atoms with Gasteiger partial charge in [-0.05, 0) is 49.2 Å². The molecule has 0 unspecified atom stereocenters. The summed E-state index contributed by atoms with van der Waals surface area (Å²) in [6.07, 6.45) is 2.41. The Bertz CT molecular complexity index is 925. The van der Waals surface area contributed by atoms with Crippen LogP contribution in [0.2, 0.25) is 0 Å². The van der Waals surface area contributed by atoms with E-state index in [1.807, 2.05) is 44.2 Å². The third-order valence-electron chi connectivity index (χ3n) is 4.21. The van der Waals surface area contributed by atoms with E-state index in [2.05, 4.69) is 0 Å². The zero-order valence-electron chi connectivity index (χ0n) is 14.5. The number of hydrogen-bond acceptors (Lipinski definition) is 4. The van der Waals surface area contributed by atoms with Crippen LogP contribution in [0.15, 0.2) is 57.9 Å². The molecular weight excluding hydrogens is 316 g/mol. The van der Waals surface area contributed by atoms with Crippen molar-refractivity contribution in [3.8, 4) is 5.75 Å². The van der Waals surface area contributed by atoms with E-state index in [1.165, 1.54) is 6.07 Å². The fraction of sp³-hybridized carbons (Fsp3) is 0.250. The van der Waals surface area contributed by atoms with Crippen LogP contribution in [-0.4, -0.2) is 11.2 Å². The van der Waals surface area contributed by atoms with E-state index < -0.39 is 0 Å². The van der Waals surface area contributed by atoms with Gasteiger partial charge in [0.1, 0.15) is 17.3 Å². The van der Waals surface area contributed by atoms with Crippen LogP contribution < -0.4 is 16.0 Å². The summed E-state index contributed by atoms with van der Waals surface area (Å²) in [7, 11) is 0. The summed E-state index contributed by atoms with van der Waals surface area (Å²) >= 11 is 0. The van der Waals surface area contributed by atoms with Crippen LogP contribution in [0.3, 0.4) is 0 Å². The zero-order valence-corrected chi connectivity index (χ0v) is 14.5. The van der Waals surface area contributed by atoms with Crippen LogP contribution in [0.1, 0.15) is 22.6 Å². The molecule has 130 valence electrons. The molecule has 0 bridgehead atoms. The van der Waals surface area contributed by atoms with E-state index in [1.54, 1.807) is 16.8 Å². The van der Waals surface area contributed by atoms with Crippen molar-refractivity contribution in [2.24, 2.45) is 0 Å². The van der Waals surface area contributed by atoms with Crippen molar-refractivity contribution in [1.29, 1.82) is 0 Å². The Kier molecular flexibility index (Phi) is 4.93. The maximum Gasteiger partial charge on any atom is 0.254 e. The highest BCUT2D eigenvalue weighted by atomic mass is 16.5. The smallest absolute Gasteiger partial charge is 0.254 e. The van der Waals surface area contributed by atoms with Gasteiger partial charge in [-0.25, -0.2) is 0 Å². The van der Waals surface area contributed by atoms with Gasteiger partial charge in [0.05, 0.1) is 13.2 Å². The first-order chi connectivity index (χ1) is 12.0. The van der Waals surface area contributed by atoms with Crippen LogP contribution in [0.5, 0.6) is 5.75 Å². The van der Waals surface area contributed by atoms with Gasteiger partial charge in [0.25, 0.3) is 5.56 Å². The van der Waals surface area contributed by atoms with Gasteiger partial charge in [-0.3, -0.25) is 4.79 Å². The Morgan fingerprint density at radius 1 is 1.16 bits per heavy atom. The highest BCUT2D eigenvalue weighted by molar-refractivity contribution is 5.50. The summed E-state index contributed by atoms with van der Waals surface area (Å²) < 4.78 is 12.8. The van der Waals surface area contributed by atoms with Crippen molar-refractivity contribution in [2.45, 2.75) is 26.8 Å². The molecule has 3 rings (SSSR count). The van der Waals surface area contributed by atoms with E-state index in [9.17, 15) is 4.79 Å². The minimum Gasteiger partial charge on any atom is -0.493 e. The van der Waals surface area contributed by atoms with Gasteiger partial charge in [-0.1, -0.05) is 12.1 Å². The van der Waals surface area contributed by atoms with Crippen molar-refractivity contribution >= 4 is 5.69 Å². The number of nitrogen functional groups attached to an aromatic ring is 1. The van der Waals surface area contributed by atoms with Crippen LogP contribution >= 0.6 is 0 Å². The summed E-state index contributed by atoms with van der Waals surface area (Å²) in [6.45, 7) is 4.82. The number of benzene rings is 1. The summed E-state index contributed by atoms with van der Waals surface area (Å²) in [5.74, 6) is 2.33. The average molecular weight is 338 g/mol. The molecule has 0 aliphatic carbocycles. The van der Waals surface area contributed by atoms with Crippen molar-refractivity contribution in [1.82, 2.24) is 4.57 Å². The predicted octanol–water partition coefficient (Wildman–Crippen LogP) is 3.31.